The number of allylic oxidation sites excluding steroid dienone is 2. The summed E-state index contributed by atoms with van der Waals surface area (Å²) in [7, 11) is 0. The van der Waals surface area contributed by atoms with Crippen LogP contribution in [0.25, 0.3) is 0 Å². The van der Waals surface area contributed by atoms with Crippen molar-refractivity contribution >= 4 is 11.9 Å². The molecule has 0 saturated carbocycles. The molecule has 2 unspecified atom stereocenters. The van der Waals surface area contributed by atoms with Gasteiger partial charge in [-0.2, -0.15) is 0 Å². The van der Waals surface area contributed by atoms with Crippen LogP contribution in [0.3, 0.4) is 0 Å². The van der Waals surface area contributed by atoms with E-state index in [4.69, 9.17) is 4.74 Å². The zero-order valence-electron chi connectivity index (χ0n) is 51.8. The Bertz CT molecular complexity index is 1140. The Morgan fingerprint density at radius 3 is 0.934 bits per heavy atom. The van der Waals surface area contributed by atoms with Gasteiger partial charge >= 0.3 is 5.97 Å². The molecule has 0 aromatic heterocycles. The summed E-state index contributed by atoms with van der Waals surface area (Å²) in [4.78, 5) is 24.5. The molecule has 2 atom stereocenters. The van der Waals surface area contributed by atoms with E-state index in [2.05, 4.69) is 31.3 Å². The fourth-order valence-electron chi connectivity index (χ4n) is 11.2. The minimum absolute atomic E-state index is 0.0233. The van der Waals surface area contributed by atoms with E-state index < -0.39 is 12.1 Å². The van der Waals surface area contributed by atoms with E-state index in [9.17, 15) is 19.8 Å². The predicted molar refractivity (Wildman–Crippen MR) is 333 cm³/mol. The second-order valence-corrected chi connectivity index (χ2v) is 24.2. The van der Waals surface area contributed by atoms with Gasteiger partial charge in [0.2, 0.25) is 5.91 Å². The normalized spacial score (nSPS) is 12.5. The number of carbonyl (C=O) groups excluding carboxylic acids is 2. The Labute approximate surface area is 476 Å². The smallest absolute Gasteiger partial charge is 0.305 e. The van der Waals surface area contributed by atoms with Crippen LogP contribution < -0.4 is 5.32 Å². The highest BCUT2D eigenvalue weighted by Gasteiger charge is 2.20. The van der Waals surface area contributed by atoms with Gasteiger partial charge in [0.05, 0.1) is 25.4 Å². The van der Waals surface area contributed by atoms with Gasteiger partial charge in [-0.3, -0.25) is 9.59 Å². The maximum absolute atomic E-state index is 12.4. The summed E-state index contributed by atoms with van der Waals surface area (Å²) in [6.07, 6.45) is 81.4. The van der Waals surface area contributed by atoms with Gasteiger partial charge < -0.3 is 20.3 Å². The van der Waals surface area contributed by atoms with Gasteiger partial charge in [0.1, 0.15) is 0 Å². The molecular weight excluding hydrogens is 935 g/mol. The number of carbonyl (C=O) groups is 2. The van der Waals surface area contributed by atoms with Crippen molar-refractivity contribution in [1.82, 2.24) is 5.32 Å². The number of aliphatic hydroxyl groups is 2. The lowest BCUT2D eigenvalue weighted by atomic mass is 10.0. The number of esters is 1. The second kappa shape index (κ2) is 66.1. The van der Waals surface area contributed by atoms with Crippen molar-refractivity contribution in [2.45, 2.75) is 411 Å². The van der Waals surface area contributed by atoms with Crippen molar-refractivity contribution in [3.63, 3.8) is 0 Å². The lowest BCUT2D eigenvalue weighted by molar-refractivity contribution is -0.143. The van der Waals surface area contributed by atoms with Crippen molar-refractivity contribution < 1.29 is 24.5 Å². The Morgan fingerprint density at radius 1 is 0.355 bits per heavy atom. The van der Waals surface area contributed by atoms with E-state index >= 15 is 0 Å². The first-order chi connectivity index (χ1) is 37.5. The van der Waals surface area contributed by atoms with E-state index in [-0.39, 0.29) is 18.5 Å². The zero-order chi connectivity index (χ0) is 55.0. The van der Waals surface area contributed by atoms with Crippen LogP contribution in [0.2, 0.25) is 0 Å². The Hall–Kier alpha value is -1.40. The number of amides is 1. The van der Waals surface area contributed by atoms with Crippen LogP contribution in [0.1, 0.15) is 399 Å². The third-order valence-electron chi connectivity index (χ3n) is 16.6. The molecule has 0 aliphatic heterocycles. The zero-order valence-corrected chi connectivity index (χ0v) is 51.8. The number of aliphatic hydroxyl groups excluding tert-OH is 2. The molecule has 452 valence electrons. The third kappa shape index (κ3) is 61.8. The third-order valence-corrected chi connectivity index (χ3v) is 16.6. The SMILES string of the molecule is CCCCCCCCCCCCCCCCCCCCCC(=O)OCCCCCCCCCCCCCC/C=C\CCCCCCCCCCCCCCCCCC(=O)NC(CO)C(O)CCCCCCCCCCC. The van der Waals surface area contributed by atoms with Crippen LogP contribution in [-0.4, -0.2) is 47.4 Å². The first kappa shape index (κ1) is 74.6. The van der Waals surface area contributed by atoms with E-state index in [1.807, 2.05) is 0 Å². The average molecular weight is 1070 g/mol. The van der Waals surface area contributed by atoms with Crippen molar-refractivity contribution in [3.8, 4) is 0 Å². The maximum Gasteiger partial charge on any atom is 0.305 e. The van der Waals surface area contributed by atoms with Crippen LogP contribution in [0.5, 0.6) is 0 Å². The molecular formula is C70H137NO5. The molecule has 0 bridgehead atoms. The Morgan fingerprint density at radius 2 is 0.618 bits per heavy atom. The Balaban J connectivity index is 3.30. The number of hydrogen-bond acceptors (Lipinski definition) is 5. The highest BCUT2D eigenvalue weighted by Crippen LogP contribution is 2.19. The summed E-state index contributed by atoms with van der Waals surface area (Å²) in [6, 6.07) is -0.537. The number of nitrogens with one attached hydrogen (secondary N) is 1. The number of ether oxygens (including phenoxy) is 1. The molecule has 0 heterocycles. The van der Waals surface area contributed by atoms with Gasteiger partial charge in [0, 0.05) is 12.8 Å². The first-order valence-corrected chi connectivity index (χ1v) is 34.9. The molecule has 0 rings (SSSR count). The lowest BCUT2D eigenvalue weighted by Gasteiger charge is -2.22. The van der Waals surface area contributed by atoms with E-state index in [1.165, 1.54) is 327 Å². The lowest BCUT2D eigenvalue weighted by Crippen LogP contribution is -2.45. The molecule has 0 spiro atoms. The number of hydrogen-bond donors (Lipinski definition) is 3. The van der Waals surface area contributed by atoms with Gasteiger partial charge in [-0.25, -0.2) is 0 Å². The van der Waals surface area contributed by atoms with E-state index in [1.54, 1.807) is 0 Å². The molecule has 0 aliphatic rings. The molecule has 1 amide bonds. The monoisotopic (exact) mass is 1070 g/mol. The molecule has 6 nitrogen and oxygen atoms in total. The van der Waals surface area contributed by atoms with Crippen LogP contribution in [-0.2, 0) is 14.3 Å². The van der Waals surface area contributed by atoms with Gasteiger partial charge in [-0.1, -0.05) is 347 Å². The van der Waals surface area contributed by atoms with Crippen molar-refractivity contribution in [1.29, 1.82) is 0 Å². The summed E-state index contributed by atoms with van der Waals surface area (Å²) in [5.41, 5.74) is 0. The molecule has 0 fully saturated rings. The maximum atomic E-state index is 12.4. The molecule has 0 aliphatic carbocycles. The minimum atomic E-state index is -0.660. The van der Waals surface area contributed by atoms with Crippen LogP contribution in [0.4, 0.5) is 0 Å². The van der Waals surface area contributed by atoms with E-state index in [0.717, 1.165) is 38.5 Å². The van der Waals surface area contributed by atoms with Crippen LogP contribution in [0.15, 0.2) is 12.2 Å². The first-order valence-electron chi connectivity index (χ1n) is 34.9. The van der Waals surface area contributed by atoms with Crippen LogP contribution >= 0.6 is 0 Å². The standard InChI is InChI=1S/C70H137NO5/c1-3-5-7-9-11-13-14-15-16-17-31-35-38-41-44-48-52-56-60-64-70(75)76-65-61-57-53-49-45-42-39-36-33-30-28-26-24-22-20-18-19-21-23-25-27-29-32-34-37-40-43-47-51-55-59-63-69(74)71-67(66-72)68(73)62-58-54-50-46-12-10-8-6-4-2/h20,22,67-68,72-73H,3-19,21,23-66H2,1-2H3,(H,71,74)/b22-20-. The predicted octanol–water partition coefficient (Wildman–Crippen LogP) is 22.4. The minimum Gasteiger partial charge on any atom is -0.466 e. The van der Waals surface area contributed by atoms with Gasteiger partial charge in [0.25, 0.3) is 0 Å². The fourth-order valence-corrected chi connectivity index (χ4v) is 11.2. The summed E-state index contributed by atoms with van der Waals surface area (Å²) >= 11 is 0. The van der Waals surface area contributed by atoms with Gasteiger partial charge in [-0.05, 0) is 51.4 Å². The van der Waals surface area contributed by atoms with Crippen molar-refractivity contribution in [2.24, 2.45) is 0 Å². The highest BCUT2D eigenvalue weighted by molar-refractivity contribution is 5.76. The molecule has 76 heavy (non-hydrogen) atoms. The fraction of sp³-hybridized carbons (Fsp3) is 0.943. The molecule has 3 N–H and O–H groups in total. The van der Waals surface area contributed by atoms with Crippen molar-refractivity contribution in [2.75, 3.05) is 13.2 Å². The largest absolute Gasteiger partial charge is 0.466 e. The average Bonchev–Trinajstić information content (AvgIpc) is 3.42. The van der Waals surface area contributed by atoms with Crippen molar-refractivity contribution in [3.05, 3.63) is 12.2 Å². The number of unbranched alkanes of at least 4 members (excludes halogenated alkanes) is 53. The second-order valence-electron chi connectivity index (χ2n) is 24.2. The van der Waals surface area contributed by atoms with E-state index in [0.29, 0.717) is 25.9 Å². The van der Waals surface area contributed by atoms with Gasteiger partial charge in [-0.15, -0.1) is 0 Å². The molecule has 0 saturated heterocycles. The molecule has 6 heteroatoms. The van der Waals surface area contributed by atoms with Crippen LogP contribution in [0, 0.1) is 0 Å². The summed E-state index contributed by atoms with van der Waals surface area (Å²) < 4.78 is 5.51. The number of rotatable bonds is 66. The topological polar surface area (TPSA) is 95.9 Å². The quantitative estimate of drug-likeness (QED) is 0.0320. The summed E-state index contributed by atoms with van der Waals surface area (Å²) in [6.45, 7) is 4.97. The highest BCUT2D eigenvalue weighted by atomic mass is 16.5. The summed E-state index contributed by atoms with van der Waals surface area (Å²) in [5.74, 6) is -0.0101. The molecule has 0 aromatic carbocycles. The molecule has 0 radical (unpaired) electrons. The van der Waals surface area contributed by atoms with Gasteiger partial charge in [0.15, 0.2) is 0 Å². The Kier molecular flexibility index (Phi) is 64.9. The molecule has 0 aromatic rings. The summed E-state index contributed by atoms with van der Waals surface area (Å²) in [5, 5.41) is 23.1.